The number of rotatable bonds is 4. The fourth-order valence-electron chi connectivity index (χ4n) is 3.63. The third kappa shape index (κ3) is 4.85. The van der Waals surface area contributed by atoms with Crippen molar-refractivity contribution < 1.29 is 9.59 Å². The van der Waals surface area contributed by atoms with Gasteiger partial charge >= 0.3 is 0 Å². The number of aromatic nitrogens is 2. The maximum absolute atomic E-state index is 13.2. The lowest BCUT2D eigenvalue weighted by molar-refractivity contribution is -0.126. The molecule has 2 amide bonds. The maximum atomic E-state index is 13.2. The van der Waals surface area contributed by atoms with E-state index in [4.69, 9.17) is 0 Å². The molecule has 1 aliphatic heterocycles. The highest BCUT2D eigenvalue weighted by molar-refractivity contribution is 5.96. The molecule has 1 aromatic heterocycles. The number of nitrogens with one attached hydrogen (secondary N) is 1. The van der Waals surface area contributed by atoms with Crippen LogP contribution >= 0.6 is 0 Å². The van der Waals surface area contributed by atoms with E-state index in [0.717, 1.165) is 17.7 Å². The van der Waals surface area contributed by atoms with E-state index in [1.54, 1.807) is 11.1 Å². The van der Waals surface area contributed by atoms with E-state index >= 15 is 0 Å². The number of para-hydroxylation sites is 1. The van der Waals surface area contributed by atoms with Crippen molar-refractivity contribution in [1.82, 2.24) is 19.8 Å². The number of carbonyl (C=O) groups excluding carboxylic acids is 2. The molecular weight excluding hydrogens is 388 g/mol. The number of amides is 2. The van der Waals surface area contributed by atoms with Gasteiger partial charge in [-0.3, -0.25) is 14.2 Å². The molecule has 3 aromatic rings. The largest absolute Gasteiger partial charge is 0.348 e. The predicted octanol–water partition coefficient (Wildman–Crippen LogP) is 4.31. The highest BCUT2D eigenvalue weighted by Crippen LogP contribution is 2.24. The smallest absolute Gasteiger partial charge is 0.274 e. The van der Waals surface area contributed by atoms with E-state index in [2.05, 4.69) is 10.3 Å². The van der Waals surface area contributed by atoms with Crippen molar-refractivity contribution in [2.75, 3.05) is 13.1 Å². The first-order chi connectivity index (χ1) is 15.0. The van der Waals surface area contributed by atoms with Gasteiger partial charge in [0.25, 0.3) is 5.91 Å². The van der Waals surface area contributed by atoms with Crippen LogP contribution in [0.3, 0.4) is 0 Å². The summed E-state index contributed by atoms with van der Waals surface area (Å²) in [7, 11) is 0. The quantitative estimate of drug-likeness (QED) is 0.687. The van der Waals surface area contributed by atoms with Crippen LogP contribution in [0.15, 0.2) is 66.9 Å². The highest BCUT2D eigenvalue weighted by atomic mass is 16.2. The Balaban J connectivity index is 0.00000132. The molecule has 6 heteroatoms. The summed E-state index contributed by atoms with van der Waals surface area (Å²) < 4.78 is 1.92. The number of nitrogens with zero attached hydrogens (tertiary/aromatic N) is 3. The fraction of sp³-hybridized carbons (Fsp3) is 0.320. The molecule has 4 rings (SSSR count). The van der Waals surface area contributed by atoms with Gasteiger partial charge in [0.1, 0.15) is 11.5 Å². The molecule has 162 valence electrons. The second-order valence-corrected chi connectivity index (χ2v) is 7.64. The van der Waals surface area contributed by atoms with E-state index in [0.29, 0.717) is 18.1 Å². The molecule has 0 radical (unpaired) electrons. The van der Waals surface area contributed by atoms with Crippen molar-refractivity contribution in [2.45, 2.75) is 39.7 Å². The van der Waals surface area contributed by atoms with E-state index in [9.17, 15) is 9.59 Å². The Morgan fingerprint density at radius 2 is 1.68 bits per heavy atom. The zero-order valence-electron chi connectivity index (χ0n) is 18.6. The molecule has 31 heavy (non-hydrogen) atoms. The average Bonchev–Trinajstić information content (AvgIpc) is 3.26. The molecule has 6 nitrogen and oxygen atoms in total. The molecule has 1 aliphatic rings. The van der Waals surface area contributed by atoms with Gasteiger partial charge in [-0.15, -0.1) is 0 Å². The maximum Gasteiger partial charge on any atom is 0.274 e. The molecular formula is C25H30N4O2. The number of imidazole rings is 1. The highest BCUT2D eigenvalue weighted by Gasteiger charge is 2.36. The van der Waals surface area contributed by atoms with Crippen LogP contribution in [0.5, 0.6) is 0 Å². The Labute approximate surface area is 183 Å². The Bertz CT molecular complexity index is 973. The second kappa shape index (κ2) is 9.60. The number of carbonyl (C=O) groups is 2. The molecule has 1 N–H and O–H groups in total. The lowest BCUT2D eigenvalue weighted by Crippen LogP contribution is -2.62. The molecule has 2 heterocycles. The van der Waals surface area contributed by atoms with Crippen LogP contribution in [-0.4, -0.2) is 44.9 Å². The van der Waals surface area contributed by atoms with Gasteiger partial charge in [-0.2, -0.15) is 0 Å². The minimum atomic E-state index is -0.421. The number of benzene rings is 2. The van der Waals surface area contributed by atoms with Crippen LogP contribution in [0, 0.1) is 0 Å². The lowest BCUT2D eigenvalue weighted by atomic mass is 9.95. The zero-order valence-corrected chi connectivity index (χ0v) is 18.6. The summed E-state index contributed by atoms with van der Waals surface area (Å²) in [6, 6.07) is 19.6. The summed E-state index contributed by atoms with van der Waals surface area (Å²) >= 11 is 0. The summed E-state index contributed by atoms with van der Waals surface area (Å²) in [6.45, 7) is 8.48. The van der Waals surface area contributed by atoms with Gasteiger partial charge < -0.3 is 10.2 Å². The Hall–Kier alpha value is -3.41. The second-order valence-electron chi connectivity index (χ2n) is 7.64. The first-order valence-electron chi connectivity index (χ1n) is 10.8. The number of hydrogen-bond donors (Lipinski definition) is 1. The Morgan fingerprint density at radius 3 is 2.29 bits per heavy atom. The van der Waals surface area contributed by atoms with Crippen molar-refractivity contribution in [3.05, 3.63) is 72.6 Å². The van der Waals surface area contributed by atoms with Crippen LogP contribution < -0.4 is 5.32 Å². The Morgan fingerprint density at radius 1 is 1.06 bits per heavy atom. The van der Waals surface area contributed by atoms with E-state index in [1.807, 2.05) is 92.9 Å². The van der Waals surface area contributed by atoms with Crippen molar-refractivity contribution >= 4 is 11.8 Å². The van der Waals surface area contributed by atoms with Gasteiger partial charge in [0.2, 0.25) is 5.91 Å². The summed E-state index contributed by atoms with van der Waals surface area (Å²) in [6.07, 6.45) is 2.51. The van der Waals surface area contributed by atoms with Gasteiger partial charge in [0, 0.05) is 24.0 Å². The molecule has 1 unspecified atom stereocenters. The van der Waals surface area contributed by atoms with Crippen LogP contribution in [0.4, 0.5) is 0 Å². The first kappa shape index (κ1) is 22.3. The summed E-state index contributed by atoms with van der Waals surface area (Å²) in [5.41, 5.74) is 1.76. The molecule has 0 bridgehead atoms. The third-order valence-corrected chi connectivity index (χ3v) is 5.37. The van der Waals surface area contributed by atoms with Gasteiger partial charge in [0.15, 0.2) is 0 Å². The fourth-order valence-corrected chi connectivity index (χ4v) is 3.63. The number of hydrogen-bond acceptors (Lipinski definition) is 3. The lowest BCUT2D eigenvalue weighted by Gasteiger charge is -2.40. The summed E-state index contributed by atoms with van der Waals surface area (Å²) in [4.78, 5) is 31.7. The molecule has 0 spiro atoms. The van der Waals surface area contributed by atoms with Crippen molar-refractivity contribution in [1.29, 1.82) is 0 Å². The molecule has 0 saturated carbocycles. The van der Waals surface area contributed by atoms with Crippen LogP contribution in [-0.2, 0) is 4.79 Å². The van der Waals surface area contributed by atoms with Gasteiger partial charge in [-0.25, -0.2) is 4.98 Å². The minimum Gasteiger partial charge on any atom is -0.348 e. The normalized spacial score (nSPS) is 18.1. The summed E-state index contributed by atoms with van der Waals surface area (Å²) in [5, 5.41) is 2.99. The minimum absolute atomic E-state index is 0.0489. The zero-order chi connectivity index (χ0) is 22.4. The molecule has 0 aliphatic carbocycles. The molecule has 2 aromatic carbocycles. The van der Waals surface area contributed by atoms with Crippen molar-refractivity contribution in [3.63, 3.8) is 0 Å². The average molecular weight is 419 g/mol. The molecule has 1 atom stereocenters. The van der Waals surface area contributed by atoms with Crippen LogP contribution in [0.25, 0.3) is 17.1 Å². The molecule has 1 saturated heterocycles. The van der Waals surface area contributed by atoms with Gasteiger partial charge in [-0.1, -0.05) is 69.3 Å². The Kier molecular flexibility index (Phi) is 6.90. The van der Waals surface area contributed by atoms with E-state index in [-0.39, 0.29) is 18.4 Å². The van der Waals surface area contributed by atoms with Gasteiger partial charge in [0.05, 0.1) is 12.1 Å². The first-order valence-corrected chi connectivity index (χ1v) is 10.8. The van der Waals surface area contributed by atoms with E-state index in [1.165, 1.54) is 0 Å². The SMILES string of the molecule is CC.CCC1(C)CN(C(=O)c2cn(-c3ccccc3)c(-c3ccccc3)n2)CC(=O)N1. The standard InChI is InChI=1S/C23H24N4O2.C2H6/c1-3-23(2)16-26(15-20(28)25-23)22(29)19-14-27(18-12-8-5-9-13-18)21(24-19)17-10-6-4-7-11-17;1-2/h4-14H,3,15-16H2,1-2H3,(H,25,28);1-2H3. The van der Waals surface area contributed by atoms with Gasteiger partial charge in [-0.05, 0) is 25.5 Å². The van der Waals surface area contributed by atoms with Crippen LogP contribution in [0.1, 0.15) is 44.6 Å². The summed E-state index contributed by atoms with van der Waals surface area (Å²) in [5.74, 6) is 0.325. The van der Waals surface area contributed by atoms with Crippen molar-refractivity contribution in [3.8, 4) is 17.1 Å². The number of piperazine rings is 1. The predicted molar refractivity (Wildman–Crippen MR) is 123 cm³/mol. The van der Waals surface area contributed by atoms with E-state index < -0.39 is 5.54 Å². The van der Waals surface area contributed by atoms with Crippen molar-refractivity contribution in [2.24, 2.45) is 0 Å². The topological polar surface area (TPSA) is 67.2 Å². The molecule has 1 fully saturated rings. The van der Waals surface area contributed by atoms with Crippen LogP contribution in [0.2, 0.25) is 0 Å². The monoisotopic (exact) mass is 418 g/mol. The third-order valence-electron chi connectivity index (χ3n) is 5.37.